The summed E-state index contributed by atoms with van der Waals surface area (Å²) in [6, 6.07) is 18.6. The average Bonchev–Trinajstić information content (AvgIpc) is 3.19. The number of terminal acetylenes is 1. The Bertz CT molecular complexity index is 2630. The van der Waals surface area contributed by atoms with E-state index in [-0.39, 0.29) is 74.4 Å². The van der Waals surface area contributed by atoms with E-state index in [1.165, 1.54) is 25.3 Å². The molecule has 0 heterocycles. The summed E-state index contributed by atoms with van der Waals surface area (Å²) < 4.78 is 180. The van der Waals surface area contributed by atoms with Gasteiger partial charge in [-0.15, -0.1) is 6.42 Å². The van der Waals surface area contributed by atoms with E-state index in [1.807, 2.05) is 0 Å². The molecule has 0 amide bonds. The fourth-order valence-corrected chi connectivity index (χ4v) is 5.99. The zero-order valence-electron chi connectivity index (χ0n) is 29.4. The van der Waals surface area contributed by atoms with Crippen LogP contribution < -0.4 is 70.3 Å². The van der Waals surface area contributed by atoms with E-state index in [1.54, 1.807) is 43.3 Å². The van der Waals surface area contributed by atoms with Gasteiger partial charge in [0.1, 0.15) is 43.8 Å². The van der Waals surface area contributed by atoms with Crippen molar-refractivity contribution in [1.82, 2.24) is 0 Å². The summed E-state index contributed by atoms with van der Waals surface area (Å²) in [5, 5.41) is 0. The minimum Gasteiger partial charge on any atom is -0.744 e. The van der Waals surface area contributed by atoms with Crippen molar-refractivity contribution in [3.05, 3.63) is 143 Å². The third-order valence-electron chi connectivity index (χ3n) is 8.10. The van der Waals surface area contributed by atoms with Crippen LogP contribution in [-0.2, 0) is 10.1 Å². The minimum atomic E-state index is -5.60. The molecule has 0 bridgehead atoms. The Labute approximate surface area is 362 Å². The third-order valence-corrected chi connectivity index (χ3v) is 8.96. The van der Waals surface area contributed by atoms with Crippen molar-refractivity contribution in [1.29, 1.82) is 0 Å². The molecule has 0 saturated heterocycles. The van der Waals surface area contributed by atoms with Crippen molar-refractivity contribution >= 4 is 10.1 Å². The van der Waals surface area contributed by atoms with Crippen LogP contribution in [0.2, 0.25) is 0 Å². The molecule has 0 N–H and O–H groups in total. The fraction of sp³-hybridized carbons (Fsp3) is 0.0500. The van der Waals surface area contributed by atoms with Gasteiger partial charge in [0.15, 0.2) is 23.3 Å². The topological polar surface area (TPSA) is 94.1 Å². The molecule has 57 heavy (non-hydrogen) atoms. The van der Waals surface area contributed by atoms with Gasteiger partial charge in [0.2, 0.25) is 34.8 Å². The van der Waals surface area contributed by atoms with Gasteiger partial charge < -0.3 is 23.5 Å². The maximum absolute atomic E-state index is 15.4. The molecule has 6 rings (SSSR count). The van der Waals surface area contributed by atoms with Gasteiger partial charge in [-0.1, -0.05) is 29.7 Å². The van der Waals surface area contributed by atoms with Crippen molar-refractivity contribution in [3.63, 3.8) is 0 Å². The Hall–Kier alpha value is -4.93. The molecule has 0 aliphatic heterocycles. The molecule has 0 atom stereocenters. The molecule has 286 valence electrons. The van der Waals surface area contributed by atoms with Crippen molar-refractivity contribution in [2.24, 2.45) is 0 Å². The molecule has 6 aromatic carbocycles. The number of benzene rings is 6. The second kappa shape index (κ2) is 17.3. The molecule has 0 aliphatic carbocycles. The summed E-state index contributed by atoms with van der Waals surface area (Å²) in [6.07, 6.45) is 5.42. The van der Waals surface area contributed by atoms with Crippen LogP contribution in [0, 0.1) is 65.8 Å². The van der Waals surface area contributed by atoms with E-state index in [0.29, 0.717) is 28.8 Å². The molecule has 0 saturated carbocycles. The molecule has 0 aliphatic rings. The zero-order chi connectivity index (χ0) is 40.6. The maximum atomic E-state index is 15.4. The Morgan fingerprint density at radius 2 is 1.05 bits per heavy atom. The van der Waals surface area contributed by atoms with Crippen LogP contribution in [-0.4, -0.2) is 20.1 Å². The van der Waals surface area contributed by atoms with Crippen LogP contribution in [0.5, 0.6) is 40.2 Å². The normalized spacial score (nSPS) is 11.1. The van der Waals surface area contributed by atoms with Gasteiger partial charge >= 0.3 is 51.4 Å². The van der Waals surface area contributed by atoms with Crippen molar-refractivity contribution in [3.8, 4) is 74.8 Å². The molecule has 0 fully saturated rings. The molecule has 7 nitrogen and oxygen atoms in total. The fourth-order valence-electron chi connectivity index (χ4n) is 5.38. The predicted molar refractivity (Wildman–Crippen MR) is 184 cm³/mol. The average molecular weight is 837 g/mol. The van der Waals surface area contributed by atoms with Crippen LogP contribution in [0.1, 0.15) is 11.1 Å². The van der Waals surface area contributed by atoms with Gasteiger partial charge in [-0.3, -0.25) is 0 Å². The van der Waals surface area contributed by atoms with Gasteiger partial charge in [0.05, 0.1) is 18.2 Å². The number of halogens is 8. The second-order valence-corrected chi connectivity index (χ2v) is 13.0. The minimum absolute atomic E-state index is 0. The van der Waals surface area contributed by atoms with Gasteiger partial charge in [-0.25, -0.2) is 26.0 Å². The molecule has 0 radical (unpaired) electrons. The summed E-state index contributed by atoms with van der Waals surface area (Å²) in [7, 11) is -4.30. The van der Waals surface area contributed by atoms with Crippen LogP contribution >= 0.6 is 0 Å². The van der Waals surface area contributed by atoms with Crippen LogP contribution in [0.25, 0.3) is 22.3 Å². The Kier molecular flexibility index (Phi) is 13.1. The van der Waals surface area contributed by atoms with E-state index >= 15 is 35.1 Å². The largest absolute Gasteiger partial charge is 1.00 e. The molecular weight excluding hydrogens is 816 g/mol. The maximum Gasteiger partial charge on any atom is 1.00 e. The number of hydrogen-bond acceptors (Lipinski definition) is 7. The molecular formula is C40H21F8KO7S. The first-order valence-corrected chi connectivity index (χ1v) is 17.1. The monoisotopic (exact) mass is 836 g/mol. The van der Waals surface area contributed by atoms with Crippen LogP contribution in [0.3, 0.4) is 0 Å². The smallest absolute Gasteiger partial charge is 0.744 e. The van der Waals surface area contributed by atoms with E-state index < -0.39 is 89.9 Å². The summed E-state index contributed by atoms with van der Waals surface area (Å²) >= 11 is 0. The Morgan fingerprint density at radius 3 is 1.54 bits per heavy atom. The third kappa shape index (κ3) is 8.67. The first-order chi connectivity index (χ1) is 26.5. The Balaban J connectivity index is 0.00000620. The summed E-state index contributed by atoms with van der Waals surface area (Å²) in [5.41, 5.74) is -1.93. The number of aryl methyl sites for hydroxylation is 1. The molecule has 6 aromatic rings. The number of hydrogen-bond donors (Lipinski definition) is 0. The second-order valence-electron chi connectivity index (χ2n) is 11.7. The summed E-state index contributed by atoms with van der Waals surface area (Å²) in [5.74, 6) is -22.7. The molecule has 17 heteroatoms. The number of ether oxygens (including phenoxy) is 4. The standard InChI is InChI=1S/C40H22F8O7S.K/c1-4-20-6-8-21(9-7-20)25-17-19(2)5-15-26(25)53-24-14-16-27(28(18-24)56(49,50)51)55-40-37(47)33(43)30(34(44)38(40)48)29-31(41)35(45)39(36(46)32(29)42)54-23-12-10-22(52-3)11-13-23;/h1,5-18H,2-3H3,(H,49,50,51);/q;+1/p-1. The number of methoxy groups -OCH3 is 1. The van der Waals surface area contributed by atoms with E-state index in [4.69, 9.17) is 25.4 Å². The molecule has 0 unspecified atom stereocenters. The quantitative estimate of drug-likeness (QED) is 0.0459. The van der Waals surface area contributed by atoms with Gasteiger partial charge in [0.25, 0.3) is 0 Å². The summed E-state index contributed by atoms with van der Waals surface area (Å²) in [4.78, 5) is -1.32. The van der Waals surface area contributed by atoms with E-state index in [9.17, 15) is 13.0 Å². The predicted octanol–water partition coefficient (Wildman–Crippen LogP) is 7.72. The van der Waals surface area contributed by atoms with Crippen LogP contribution in [0.4, 0.5) is 35.1 Å². The van der Waals surface area contributed by atoms with Crippen molar-refractivity contribution in [2.75, 3.05) is 7.11 Å². The Morgan fingerprint density at radius 1 is 0.579 bits per heavy atom. The van der Waals surface area contributed by atoms with Crippen molar-refractivity contribution in [2.45, 2.75) is 11.8 Å². The molecule has 0 spiro atoms. The molecule has 0 aromatic heterocycles. The van der Waals surface area contributed by atoms with Gasteiger partial charge in [-0.05, 0) is 73.2 Å². The van der Waals surface area contributed by atoms with Gasteiger partial charge in [0, 0.05) is 17.2 Å². The summed E-state index contributed by atoms with van der Waals surface area (Å²) in [6.45, 7) is 1.79. The first-order valence-electron chi connectivity index (χ1n) is 15.7. The number of rotatable bonds is 10. The van der Waals surface area contributed by atoms with E-state index in [0.717, 1.165) is 23.8 Å². The first kappa shape index (κ1) is 43.2. The van der Waals surface area contributed by atoms with Gasteiger partial charge in [-0.2, -0.15) is 17.6 Å². The van der Waals surface area contributed by atoms with E-state index in [2.05, 4.69) is 5.92 Å². The SMILES string of the molecule is C#Cc1ccc(-c2cc(C)ccc2Oc2ccc(Oc3c(F)c(F)c(-c4c(F)c(F)c(Oc5ccc(OC)cc5)c(F)c4F)c(F)c3F)c(S(=O)(=O)[O-])c2)cc1.[K+]. The zero-order valence-corrected chi connectivity index (χ0v) is 33.4. The van der Waals surface area contributed by atoms with Crippen molar-refractivity contribution < 1.29 is 118 Å². The van der Waals surface area contributed by atoms with Crippen LogP contribution in [0.15, 0.2) is 89.8 Å².